The topological polar surface area (TPSA) is 69.7 Å². The van der Waals surface area contributed by atoms with Gasteiger partial charge in [-0.1, -0.05) is 6.92 Å². The average molecular weight is 391 g/mol. The number of fused-ring (bicyclic) bond motifs is 5. The van der Waals surface area contributed by atoms with E-state index in [0.29, 0.717) is 30.1 Å². The van der Waals surface area contributed by atoms with E-state index in [1.807, 2.05) is 0 Å². The summed E-state index contributed by atoms with van der Waals surface area (Å²) in [5, 5.41) is 0. The fraction of sp³-hybridized carbons (Fsp3) is 0.870. The van der Waals surface area contributed by atoms with Gasteiger partial charge in [0.15, 0.2) is 0 Å². The minimum absolute atomic E-state index is 0.0401. The standard InChI is InChI=1S/C23H34O5/c1-13(24)27-16-9-10-22(3)15(11-16)5-6-17-18-7-8-20(26)23(18,4)21(12-19(17)22)28-14(2)25/h15-19,21H,5-12H2,1-4H3/t15-,16-,17?,18?,19?,21+,22+,23+/m1/s1. The molecular weight excluding hydrogens is 356 g/mol. The average Bonchev–Trinajstić information content (AvgIpc) is 2.92. The summed E-state index contributed by atoms with van der Waals surface area (Å²) in [5.74, 6) is 1.69. The van der Waals surface area contributed by atoms with E-state index < -0.39 is 5.41 Å². The molecule has 0 aromatic heterocycles. The molecular formula is C23H34O5. The van der Waals surface area contributed by atoms with Crippen molar-refractivity contribution < 1.29 is 23.9 Å². The maximum absolute atomic E-state index is 12.9. The molecule has 4 aliphatic rings. The molecule has 3 unspecified atom stereocenters. The van der Waals surface area contributed by atoms with Crippen LogP contribution in [0.25, 0.3) is 0 Å². The first kappa shape index (κ1) is 19.9. The first-order valence-corrected chi connectivity index (χ1v) is 11.0. The van der Waals surface area contributed by atoms with E-state index in [4.69, 9.17) is 9.47 Å². The van der Waals surface area contributed by atoms with Crippen LogP contribution in [-0.4, -0.2) is 29.9 Å². The third-order valence-corrected chi connectivity index (χ3v) is 9.05. The Bertz CT molecular complexity index is 686. The summed E-state index contributed by atoms with van der Waals surface area (Å²) in [6.07, 6.45) is 7.28. The van der Waals surface area contributed by atoms with Crippen LogP contribution in [0.15, 0.2) is 0 Å². The van der Waals surface area contributed by atoms with Gasteiger partial charge in [0, 0.05) is 20.3 Å². The molecule has 0 aromatic carbocycles. The molecule has 5 nitrogen and oxygen atoms in total. The SMILES string of the molecule is CC(=O)O[C@@H]1CC[C@]2(C)C3C[C@H](OC(C)=O)[C@]4(C)C(=O)CCC4C3CC[C@@H]2C1. The molecule has 5 heteroatoms. The summed E-state index contributed by atoms with van der Waals surface area (Å²) >= 11 is 0. The smallest absolute Gasteiger partial charge is 0.302 e. The Labute approximate surface area is 167 Å². The first-order valence-electron chi connectivity index (χ1n) is 11.0. The summed E-state index contributed by atoms with van der Waals surface area (Å²) in [6, 6.07) is 0. The molecule has 4 aliphatic carbocycles. The number of Topliss-reactive ketones (excluding diaryl/α,β-unsaturated/α-hetero) is 1. The minimum Gasteiger partial charge on any atom is -0.463 e. The van der Waals surface area contributed by atoms with Crippen LogP contribution in [0.3, 0.4) is 0 Å². The number of esters is 2. The van der Waals surface area contributed by atoms with Crippen molar-refractivity contribution in [3.8, 4) is 0 Å². The van der Waals surface area contributed by atoms with Crippen LogP contribution in [-0.2, 0) is 23.9 Å². The number of hydrogen-bond acceptors (Lipinski definition) is 5. The summed E-state index contributed by atoms with van der Waals surface area (Å²) < 4.78 is 11.3. The van der Waals surface area contributed by atoms with Crippen molar-refractivity contribution in [2.24, 2.45) is 34.5 Å². The number of rotatable bonds is 2. The molecule has 0 amide bonds. The molecule has 0 aliphatic heterocycles. The van der Waals surface area contributed by atoms with E-state index in [1.54, 1.807) is 0 Å². The summed E-state index contributed by atoms with van der Waals surface area (Å²) in [4.78, 5) is 36.1. The van der Waals surface area contributed by atoms with Gasteiger partial charge in [0.05, 0.1) is 5.41 Å². The van der Waals surface area contributed by atoms with E-state index in [-0.39, 0.29) is 35.3 Å². The van der Waals surface area contributed by atoms with E-state index in [0.717, 1.165) is 44.9 Å². The molecule has 0 radical (unpaired) electrons. The molecule has 4 rings (SSSR count). The number of hydrogen-bond donors (Lipinski definition) is 0. The van der Waals surface area contributed by atoms with Gasteiger partial charge in [0.25, 0.3) is 0 Å². The van der Waals surface area contributed by atoms with E-state index >= 15 is 0 Å². The first-order chi connectivity index (χ1) is 13.2. The van der Waals surface area contributed by atoms with Crippen LogP contribution in [0.5, 0.6) is 0 Å². The van der Waals surface area contributed by atoms with Crippen molar-refractivity contribution in [1.29, 1.82) is 0 Å². The predicted molar refractivity (Wildman–Crippen MR) is 103 cm³/mol. The molecule has 28 heavy (non-hydrogen) atoms. The Morgan fingerprint density at radius 1 is 0.929 bits per heavy atom. The van der Waals surface area contributed by atoms with Gasteiger partial charge in [-0.25, -0.2) is 0 Å². The molecule has 8 atom stereocenters. The number of carbonyl (C=O) groups is 3. The van der Waals surface area contributed by atoms with Crippen molar-refractivity contribution in [3.63, 3.8) is 0 Å². The normalized spacial score (nSPS) is 47.5. The van der Waals surface area contributed by atoms with Gasteiger partial charge in [-0.15, -0.1) is 0 Å². The molecule has 156 valence electrons. The van der Waals surface area contributed by atoms with Crippen LogP contribution in [0, 0.1) is 34.5 Å². The number of carbonyl (C=O) groups excluding carboxylic acids is 3. The van der Waals surface area contributed by atoms with Gasteiger partial charge >= 0.3 is 11.9 Å². The molecule has 0 spiro atoms. The van der Waals surface area contributed by atoms with Crippen molar-refractivity contribution >= 4 is 17.7 Å². The second-order valence-electron chi connectivity index (χ2n) is 10.2. The van der Waals surface area contributed by atoms with E-state index in [2.05, 4.69) is 13.8 Å². The Morgan fingerprint density at radius 3 is 2.32 bits per heavy atom. The van der Waals surface area contributed by atoms with Crippen molar-refractivity contribution in [3.05, 3.63) is 0 Å². The number of ketones is 1. The summed E-state index contributed by atoms with van der Waals surface area (Å²) in [6.45, 7) is 7.42. The molecule has 4 saturated carbocycles. The third-order valence-electron chi connectivity index (χ3n) is 9.05. The van der Waals surface area contributed by atoms with Gasteiger partial charge in [-0.3, -0.25) is 14.4 Å². The maximum Gasteiger partial charge on any atom is 0.302 e. The van der Waals surface area contributed by atoms with Crippen molar-refractivity contribution in [1.82, 2.24) is 0 Å². The lowest BCUT2D eigenvalue weighted by Crippen LogP contribution is -2.59. The van der Waals surface area contributed by atoms with Crippen LogP contribution in [0.4, 0.5) is 0 Å². The molecule has 0 heterocycles. The van der Waals surface area contributed by atoms with E-state index in [9.17, 15) is 14.4 Å². The number of ether oxygens (including phenoxy) is 2. The molecule has 0 N–H and O–H groups in total. The van der Waals surface area contributed by atoms with Gasteiger partial charge in [0.1, 0.15) is 18.0 Å². The lowest BCUT2D eigenvalue weighted by atomic mass is 9.44. The lowest BCUT2D eigenvalue weighted by molar-refractivity contribution is -0.189. The third kappa shape index (κ3) is 2.91. The van der Waals surface area contributed by atoms with Crippen LogP contribution in [0.1, 0.15) is 79.1 Å². The Hall–Kier alpha value is -1.39. The molecule has 0 bridgehead atoms. The highest BCUT2D eigenvalue weighted by Crippen LogP contribution is 2.66. The monoisotopic (exact) mass is 390 g/mol. The zero-order valence-electron chi connectivity index (χ0n) is 17.7. The van der Waals surface area contributed by atoms with Crippen molar-refractivity contribution in [2.75, 3.05) is 0 Å². The zero-order valence-corrected chi connectivity index (χ0v) is 17.7. The van der Waals surface area contributed by atoms with E-state index in [1.165, 1.54) is 13.8 Å². The lowest BCUT2D eigenvalue weighted by Gasteiger charge is -2.61. The summed E-state index contributed by atoms with van der Waals surface area (Å²) in [5.41, 5.74) is -0.337. The van der Waals surface area contributed by atoms with Crippen molar-refractivity contribution in [2.45, 2.75) is 91.3 Å². The highest BCUT2D eigenvalue weighted by molar-refractivity contribution is 5.88. The predicted octanol–water partition coefficient (Wildman–Crippen LogP) is 4.07. The fourth-order valence-corrected chi connectivity index (χ4v) is 7.65. The Balaban J connectivity index is 1.62. The van der Waals surface area contributed by atoms with Gasteiger partial charge < -0.3 is 9.47 Å². The van der Waals surface area contributed by atoms with Gasteiger partial charge in [-0.05, 0) is 81.0 Å². The van der Waals surface area contributed by atoms with Crippen LogP contribution in [0.2, 0.25) is 0 Å². The second kappa shape index (κ2) is 6.84. The molecule has 0 saturated heterocycles. The largest absolute Gasteiger partial charge is 0.463 e. The molecule has 0 aromatic rings. The molecule has 4 fully saturated rings. The Kier molecular flexibility index (Phi) is 4.86. The Morgan fingerprint density at radius 2 is 1.64 bits per heavy atom. The quantitative estimate of drug-likeness (QED) is 0.665. The summed E-state index contributed by atoms with van der Waals surface area (Å²) in [7, 11) is 0. The highest BCUT2D eigenvalue weighted by atomic mass is 16.5. The maximum atomic E-state index is 12.9. The fourth-order valence-electron chi connectivity index (χ4n) is 7.65. The van der Waals surface area contributed by atoms with Crippen LogP contribution >= 0.6 is 0 Å². The second-order valence-corrected chi connectivity index (χ2v) is 10.2. The van der Waals surface area contributed by atoms with Crippen LogP contribution < -0.4 is 0 Å². The highest BCUT2D eigenvalue weighted by Gasteiger charge is 2.64. The minimum atomic E-state index is -0.509. The van der Waals surface area contributed by atoms with Gasteiger partial charge in [0.2, 0.25) is 0 Å². The zero-order chi connectivity index (χ0) is 20.3. The van der Waals surface area contributed by atoms with Gasteiger partial charge in [-0.2, -0.15) is 0 Å².